The molecule has 1 saturated heterocycles. The molecule has 0 radical (unpaired) electrons. The van der Waals surface area contributed by atoms with Crippen molar-refractivity contribution < 1.29 is 17.9 Å². The van der Waals surface area contributed by atoms with Gasteiger partial charge in [0.25, 0.3) is 0 Å². The minimum atomic E-state index is -3.48. The molecule has 1 rings (SSSR count). The van der Waals surface area contributed by atoms with Gasteiger partial charge in [0.05, 0.1) is 30.7 Å². The maximum Gasteiger partial charge on any atom is 0.232 e. The molecule has 1 fully saturated rings. The van der Waals surface area contributed by atoms with E-state index >= 15 is 0 Å². The number of hydrogen-bond donors (Lipinski definition) is 0. The SMILES string of the molecule is CC1CC(OCC(CS(=O)(=O)Cl)C(C)C)CC(C)O1. The molecule has 0 aromatic heterocycles. The first-order valence-corrected chi connectivity index (χ1v) is 9.34. The van der Waals surface area contributed by atoms with Crippen LogP contribution in [-0.4, -0.2) is 39.1 Å². The number of rotatable bonds is 6. The molecule has 1 aliphatic rings. The van der Waals surface area contributed by atoms with Crippen LogP contribution in [0.5, 0.6) is 0 Å². The second kappa shape index (κ2) is 7.25. The van der Waals surface area contributed by atoms with Gasteiger partial charge in [0.2, 0.25) is 9.05 Å². The van der Waals surface area contributed by atoms with Crippen LogP contribution < -0.4 is 0 Å². The van der Waals surface area contributed by atoms with Crippen molar-refractivity contribution in [1.29, 1.82) is 0 Å². The summed E-state index contributed by atoms with van der Waals surface area (Å²) in [4.78, 5) is 0. The lowest BCUT2D eigenvalue weighted by Gasteiger charge is -2.33. The largest absolute Gasteiger partial charge is 0.378 e. The fourth-order valence-electron chi connectivity index (χ4n) is 2.43. The molecule has 19 heavy (non-hydrogen) atoms. The third kappa shape index (κ3) is 6.93. The molecule has 4 nitrogen and oxygen atoms in total. The van der Waals surface area contributed by atoms with Gasteiger partial charge in [0.15, 0.2) is 0 Å². The van der Waals surface area contributed by atoms with Gasteiger partial charge < -0.3 is 9.47 Å². The van der Waals surface area contributed by atoms with Crippen molar-refractivity contribution in [3.63, 3.8) is 0 Å². The average molecular weight is 313 g/mol. The zero-order valence-corrected chi connectivity index (χ0v) is 13.7. The Balaban J connectivity index is 2.47. The zero-order valence-electron chi connectivity index (χ0n) is 12.1. The monoisotopic (exact) mass is 312 g/mol. The van der Waals surface area contributed by atoms with Crippen molar-refractivity contribution in [2.75, 3.05) is 12.4 Å². The smallest absolute Gasteiger partial charge is 0.232 e. The van der Waals surface area contributed by atoms with Crippen LogP contribution in [0.15, 0.2) is 0 Å². The van der Waals surface area contributed by atoms with E-state index in [1.807, 2.05) is 27.7 Å². The van der Waals surface area contributed by atoms with Crippen molar-refractivity contribution in [3.8, 4) is 0 Å². The highest BCUT2D eigenvalue weighted by molar-refractivity contribution is 8.13. The lowest BCUT2D eigenvalue weighted by molar-refractivity contribution is -0.107. The minimum absolute atomic E-state index is 0.0272. The molecule has 0 N–H and O–H groups in total. The summed E-state index contributed by atoms with van der Waals surface area (Å²) in [7, 11) is 1.86. The Hall–Kier alpha value is 0.160. The Kier molecular flexibility index (Phi) is 6.57. The summed E-state index contributed by atoms with van der Waals surface area (Å²) in [6.45, 7) is 8.49. The first-order chi connectivity index (χ1) is 8.67. The Morgan fingerprint density at radius 1 is 1.26 bits per heavy atom. The highest BCUT2D eigenvalue weighted by Crippen LogP contribution is 2.24. The number of hydrogen-bond acceptors (Lipinski definition) is 4. The van der Waals surface area contributed by atoms with Gasteiger partial charge in [-0.2, -0.15) is 0 Å². The van der Waals surface area contributed by atoms with E-state index in [0.717, 1.165) is 12.8 Å². The van der Waals surface area contributed by atoms with Crippen LogP contribution in [-0.2, 0) is 18.5 Å². The molecule has 0 aliphatic carbocycles. The molecule has 3 atom stereocenters. The lowest BCUT2D eigenvalue weighted by atomic mass is 9.98. The van der Waals surface area contributed by atoms with E-state index in [1.54, 1.807) is 0 Å². The van der Waals surface area contributed by atoms with Crippen LogP contribution in [0.2, 0.25) is 0 Å². The van der Waals surface area contributed by atoms with E-state index in [4.69, 9.17) is 20.2 Å². The van der Waals surface area contributed by atoms with Gasteiger partial charge >= 0.3 is 0 Å². The minimum Gasteiger partial charge on any atom is -0.378 e. The van der Waals surface area contributed by atoms with Gasteiger partial charge in [0, 0.05) is 10.7 Å². The van der Waals surface area contributed by atoms with Gasteiger partial charge in [-0.3, -0.25) is 0 Å². The Bertz CT molecular complexity index is 359. The lowest BCUT2D eigenvalue weighted by Crippen LogP contribution is -2.36. The molecular formula is C13H25ClO4S. The van der Waals surface area contributed by atoms with Crippen LogP contribution in [0.1, 0.15) is 40.5 Å². The molecule has 6 heteroatoms. The summed E-state index contributed by atoms with van der Waals surface area (Å²) in [5, 5.41) is 0. The molecular weight excluding hydrogens is 288 g/mol. The van der Waals surface area contributed by atoms with Gasteiger partial charge in [-0.1, -0.05) is 13.8 Å². The molecule has 0 aromatic rings. The van der Waals surface area contributed by atoms with Crippen LogP contribution in [0, 0.1) is 11.8 Å². The van der Waals surface area contributed by atoms with Crippen molar-refractivity contribution in [2.45, 2.75) is 58.8 Å². The van der Waals surface area contributed by atoms with E-state index in [2.05, 4.69) is 0 Å². The van der Waals surface area contributed by atoms with E-state index in [0.29, 0.717) is 6.61 Å². The maximum atomic E-state index is 11.2. The van der Waals surface area contributed by atoms with Crippen LogP contribution >= 0.6 is 10.7 Å². The molecule has 0 saturated carbocycles. The Morgan fingerprint density at radius 2 is 1.79 bits per heavy atom. The highest BCUT2D eigenvalue weighted by Gasteiger charge is 2.27. The van der Waals surface area contributed by atoms with E-state index in [1.165, 1.54) is 0 Å². The average Bonchev–Trinajstić information content (AvgIpc) is 2.20. The summed E-state index contributed by atoms with van der Waals surface area (Å²) in [6, 6.07) is 0. The fourth-order valence-corrected chi connectivity index (χ4v) is 3.91. The van der Waals surface area contributed by atoms with Crippen LogP contribution in [0.4, 0.5) is 0 Å². The molecule has 3 unspecified atom stereocenters. The third-order valence-corrected chi connectivity index (χ3v) is 4.76. The van der Waals surface area contributed by atoms with Crippen LogP contribution in [0.25, 0.3) is 0 Å². The predicted octanol–water partition coefficient (Wildman–Crippen LogP) is 2.80. The molecule has 0 aromatic carbocycles. The van der Waals surface area contributed by atoms with Crippen molar-refractivity contribution >= 4 is 19.7 Å². The molecule has 0 spiro atoms. The van der Waals surface area contributed by atoms with E-state index in [9.17, 15) is 8.42 Å². The fraction of sp³-hybridized carbons (Fsp3) is 1.00. The Morgan fingerprint density at radius 3 is 2.21 bits per heavy atom. The Labute approximate surface area is 121 Å². The predicted molar refractivity (Wildman–Crippen MR) is 77.0 cm³/mol. The van der Waals surface area contributed by atoms with Gasteiger partial charge in [-0.15, -0.1) is 0 Å². The number of ether oxygens (including phenoxy) is 2. The van der Waals surface area contributed by atoms with Gasteiger partial charge in [-0.05, 0) is 38.5 Å². The third-order valence-electron chi connectivity index (χ3n) is 3.56. The van der Waals surface area contributed by atoms with Crippen molar-refractivity contribution in [2.24, 2.45) is 11.8 Å². The van der Waals surface area contributed by atoms with E-state index in [-0.39, 0.29) is 35.9 Å². The summed E-state index contributed by atoms with van der Waals surface area (Å²) in [5.74, 6) is 0.139. The van der Waals surface area contributed by atoms with Crippen molar-refractivity contribution in [1.82, 2.24) is 0 Å². The second-order valence-corrected chi connectivity index (χ2v) is 8.72. The topological polar surface area (TPSA) is 52.6 Å². The normalized spacial score (nSPS) is 30.5. The van der Waals surface area contributed by atoms with Gasteiger partial charge in [0.1, 0.15) is 0 Å². The van der Waals surface area contributed by atoms with Crippen LogP contribution in [0.3, 0.4) is 0 Å². The molecule has 0 amide bonds. The van der Waals surface area contributed by atoms with Gasteiger partial charge in [-0.25, -0.2) is 8.42 Å². The van der Waals surface area contributed by atoms with Crippen molar-refractivity contribution in [3.05, 3.63) is 0 Å². The van der Waals surface area contributed by atoms with E-state index < -0.39 is 9.05 Å². The standard InChI is InChI=1S/C13H25ClO4S/c1-9(2)12(8-19(14,15)16)7-17-13-5-10(3)18-11(4)6-13/h9-13H,5-8H2,1-4H3. The molecule has 114 valence electrons. The summed E-state index contributed by atoms with van der Waals surface area (Å²) >= 11 is 0. The summed E-state index contributed by atoms with van der Waals surface area (Å²) < 4.78 is 33.9. The zero-order chi connectivity index (χ0) is 14.6. The maximum absolute atomic E-state index is 11.2. The quantitative estimate of drug-likeness (QED) is 0.708. The second-order valence-electron chi connectivity index (χ2n) is 5.89. The number of halogens is 1. The molecule has 1 heterocycles. The molecule has 1 aliphatic heterocycles. The first kappa shape index (κ1) is 17.2. The first-order valence-electron chi connectivity index (χ1n) is 6.86. The summed E-state index contributed by atoms with van der Waals surface area (Å²) in [5.41, 5.74) is 0. The highest BCUT2D eigenvalue weighted by atomic mass is 35.7. The molecule has 0 bridgehead atoms. The summed E-state index contributed by atoms with van der Waals surface area (Å²) in [6.07, 6.45) is 2.27.